The molecule has 0 aromatic carbocycles. The van der Waals surface area contributed by atoms with E-state index in [1.807, 2.05) is 17.5 Å². The number of nitrogens with one attached hydrogen (secondary N) is 1. The highest BCUT2D eigenvalue weighted by Crippen LogP contribution is 2.20. The third-order valence-electron chi connectivity index (χ3n) is 1.66. The molecule has 2 nitrogen and oxygen atoms in total. The van der Waals surface area contributed by atoms with Crippen molar-refractivity contribution in [2.45, 2.75) is 18.9 Å². The second-order valence-corrected chi connectivity index (χ2v) is 3.67. The number of thiophene rings is 1. The van der Waals surface area contributed by atoms with E-state index in [0.717, 1.165) is 17.7 Å². The summed E-state index contributed by atoms with van der Waals surface area (Å²) in [5.41, 5.74) is 0. The molecular weight excluding hydrogens is 158 g/mol. The molecule has 1 aliphatic rings. The molecule has 3 heteroatoms. The highest BCUT2D eigenvalue weighted by Gasteiger charge is 2.23. The first-order valence-corrected chi connectivity index (χ1v) is 4.58. The maximum absolute atomic E-state index is 11.3. The van der Waals surface area contributed by atoms with E-state index in [1.54, 1.807) is 0 Å². The minimum absolute atomic E-state index is 0.0856. The monoisotopic (exact) mass is 167 g/mol. The molecule has 0 saturated heterocycles. The van der Waals surface area contributed by atoms with Crippen molar-refractivity contribution in [1.82, 2.24) is 5.32 Å². The Kier molecular flexibility index (Phi) is 1.66. The molecule has 1 amide bonds. The molecule has 1 fully saturated rings. The lowest BCUT2D eigenvalue weighted by atomic mass is 10.4. The van der Waals surface area contributed by atoms with Crippen LogP contribution in [0.4, 0.5) is 0 Å². The van der Waals surface area contributed by atoms with Gasteiger partial charge in [-0.15, -0.1) is 11.3 Å². The molecule has 1 N–H and O–H groups in total. The Morgan fingerprint density at radius 2 is 2.45 bits per heavy atom. The molecule has 2 rings (SSSR count). The van der Waals surface area contributed by atoms with Crippen molar-refractivity contribution in [1.29, 1.82) is 0 Å². The van der Waals surface area contributed by atoms with Gasteiger partial charge < -0.3 is 5.32 Å². The van der Waals surface area contributed by atoms with Gasteiger partial charge in [-0.1, -0.05) is 6.07 Å². The van der Waals surface area contributed by atoms with Gasteiger partial charge in [0.25, 0.3) is 5.91 Å². The summed E-state index contributed by atoms with van der Waals surface area (Å²) in [6.45, 7) is 0. The topological polar surface area (TPSA) is 29.1 Å². The molecule has 0 radical (unpaired) electrons. The summed E-state index contributed by atoms with van der Waals surface area (Å²) >= 11 is 1.49. The molecule has 1 saturated carbocycles. The van der Waals surface area contributed by atoms with Crippen molar-refractivity contribution in [3.05, 3.63) is 22.4 Å². The predicted molar refractivity (Wildman–Crippen MR) is 44.8 cm³/mol. The van der Waals surface area contributed by atoms with Gasteiger partial charge in [-0.3, -0.25) is 4.79 Å². The second-order valence-electron chi connectivity index (χ2n) is 2.73. The van der Waals surface area contributed by atoms with Crippen molar-refractivity contribution in [2.24, 2.45) is 0 Å². The molecular formula is C8H9NOS. The Labute approximate surface area is 69.2 Å². The minimum atomic E-state index is 0.0856. The lowest BCUT2D eigenvalue weighted by Gasteiger charge is -1.97. The zero-order valence-corrected chi connectivity index (χ0v) is 6.86. The van der Waals surface area contributed by atoms with Gasteiger partial charge in [0.15, 0.2) is 0 Å². The van der Waals surface area contributed by atoms with Crippen LogP contribution in [0, 0.1) is 0 Å². The molecule has 1 aromatic heterocycles. The smallest absolute Gasteiger partial charge is 0.261 e. The third-order valence-corrected chi connectivity index (χ3v) is 2.53. The first-order chi connectivity index (χ1) is 5.36. The Morgan fingerprint density at radius 3 is 3.00 bits per heavy atom. The van der Waals surface area contributed by atoms with Gasteiger partial charge >= 0.3 is 0 Å². The van der Waals surface area contributed by atoms with E-state index in [2.05, 4.69) is 5.32 Å². The molecule has 58 valence electrons. The second kappa shape index (κ2) is 2.66. The highest BCUT2D eigenvalue weighted by molar-refractivity contribution is 7.12. The molecule has 1 aromatic rings. The lowest BCUT2D eigenvalue weighted by molar-refractivity contribution is 0.0955. The summed E-state index contributed by atoms with van der Waals surface area (Å²) in [5.74, 6) is 0.0856. The van der Waals surface area contributed by atoms with Crippen LogP contribution in [0.15, 0.2) is 17.5 Å². The average molecular weight is 167 g/mol. The molecule has 1 heterocycles. The molecule has 1 aliphatic carbocycles. The first kappa shape index (κ1) is 6.85. The van der Waals surface area contributed by atoms with E-state index < -0.39 is 0 Å². The summed E-state index contributed by atoms with van der Waals surface area (Å²) in [6.07, 6.45) is 2.30. The average Bonchev–Trinajstić information content (AvgIpc) is 2.67. The quantitative estimate of drug-likeness (QED) is 0.712. The largest absolute Gasteiger partial charge is 0.349 e. The van der Waals surface area contributed by atoms with Crippen molar-refractivity contribution in [2.75, 3.05) is 0 Å². The molecule has 0 unspecified atom stereocenters. The van der Waals surface area contributed by atoms with Gasteiger partial charge in [0.2, 0.25) is 0 Å². The zero-order chi connectivity index (χ0) is 7.68. The Balaban J connectivity index is 1.99. The van der Waals surface area contributed by atoms with Gasteiger partial charge in [-0.25, -0.2) is 0 Å². The third kappa shape index (κ3) is 1.60. The van der Waals surface area contributed by atoms with E-state index in [9.17, 15) is 4.79 Å². The van der Waals surface area contributed by atoms with Crippen molar-refractivity contribution in [3.8, 4) is 0 Å². The van der Waals surface area contributed by atoms with Gasteiger partial charge in [0.05, 0.1) is 4.88 Å². The van der Waals surface area contributed by atoms with E-state index in [0.29, 0.717) is 6.04 Å². The minimum Gasteiger partial charge on any atom is -0.349 e. The van der Waals surface area contributed by atoms with Crippen LogP contribution in [0.25, 0.3) is 0 Å². The van der Waals surface area contributed by atoms with Crippen LogP contribution < -0.4 is 5.32 Å². The maximum Gasteiger partial charge on any atom is 0.261 e. The standard InChI is InChI=1S/C8H9NOS/c10-8(9-6-3-4-6)7-2-1-5-11-7/h1-2,5-6H,3-4H2,(H,9,10). The van der Waals surface area contributed by atoms with E-state index >= 15 is 0 Å². The van der Waals surface area contributed by atoms with Crippen LogP contribution in [0.1, 0.15) is 22.5 Å². The van der Waals surface area contributed by atoms with Crippen LogP contribution in [-0.2, 0) is 0 Å². The summed E-state index contributed by atoms with van der Waals surface area (Å²) in [7, 11) is 0. The van der Waals surface area contributed by atoms with E-state index in [4.69, 9.17) is 0 Å². The lowest BCUT2D eigenvalue weighted by Crippen LogP contribution is -2.24. The van der Waals surface area contributed by atoms with Crippen molar-refractivity contribution >= 4 is 17.2 Å². The fraction of sp³-hybridized carbons (Fsp3) is 0.375. The van der Waals surface area contributed by atoms with Gasteiger partial charge in [0, 0.05) is 6.04 Å². The maximum atomic E-state index is 11.3. The van der Waals surface area contributed by atoms with Gasteiger partial charge in [-0.2, -0.15) is 0 Å². The SMILES string of the molecule is O=C(NC1CC1)c1cccs1. The van der Waals surface area contributed by atoms with Crippen LogP contribution in [0.3, 0.4) is 0 Å². The predicted octanol–water partition coefficient (Wildman–Crippen LogP) is 1.64. The number of hydrogen-bond acceptors (Lipinski definition) is 2. The van der Waals surface area contributed by atoms with E-state index in [-0.39, 0.29) is 5.91 Å². The first-order valence-electron chi connectivity index (χ1n) is 3.70. The molecule has 0 bridgehead atoms. The highest BCUT2D eigenvalue weighted by atomic mass is 32.1. The van der Waals surface area contributed by atoms with Crippen LogP contribution in [-0.4, -0.2) is 11.9 Å². The number of carbonyl (C=O) groups excluding carboxylic acids is 1. The van der Waals surface area contributed by atoms with Crippen LogP contribution in [0.5, 0.6) is 0 Å². The van der Waals surface area contributed by atoms with Crippen LogP contribution >= 0.6 is 11.3 Å². The molecule has 0 aliphatic heterocycles. The van der Waals surface area contributed by atoms with Gasteiger partial charge in [0.1, 0.15) is 0 Å². The van der Waals surface area contributed by atoms with Crippen molar-refractivity contribution < 1.29 is 4.79 Å². The number of carbonyl (C=O) groups is 1. The van der Waals surface area contributed by atoms with Crippen molar-refractivity contribution in [3.63, 3.8) is 0 Å². The summed E-state index contributed by atoms with van der Waals surface area (Å²) in [5, 5.41) is 4.85. The summed E-state index contributed by atoms with van der Waals surface area (Å²) in [6, 6.07) is 4.21. The number of amides is 1. The molecule has 11 heavy (non-hydrogen) atoms. The number of rotatable bonds is 2. The van der Waals surface area contributed by atoms with Crippen LogP contribution in [0.2, 0.25) is 0 Å². The fourth-order valence-corrected chi connectivity index (χ4v) is 1.52. The Morgan fingerprint density at radius 1 is 1.64 bits per heavy atom. The molecule has 0 atom stereocenters. The zero-order valence-electron chi connectivity index (χ0n) is 6.04. The fourth-order valence-electron chi connectivity index (χ4n) is 0.892. The normalized spacial score (nSPS) is 16.4. The molecule has 0 spiro atoms. The van der Waals surface area contributed by atoms with E-state index in [1.165, 1.54) is 11.3 Å². The van der Waals surface area contributed by atoms with Gasteiger partial charge in [-0.05, 0) is 24.3 Å². The Bertz CT molecular complexity index is 251. The number of hydrogen-bond donors (Lipinski definition) is 1. The Hall–Kier alpha value is -0.830. The summed E-state index contributed by atoms with van der Waals surface area (Å²) in [4.78, 5) is 12.1. The summed E-state index contributed by atoms with van der Waals surface area (Å²) < 4.78 is 0.